The lowest BCUT2D eigenvalue weighted by atomic mass is 9.99. The average Bonchev–Trinajstić information content (AvgIpc) is 2.87. The first-order valence-corrected chi connectivity index (χ1v) is 7.92. The summed E-state index contributed by atoms with van der Waals surface area (Å²) in [6.45, 7) is 4.76. The molecule has 1 saturated heterocycles. The van der Waals surface area contributed by atoms with Crippen LogP contribution in [-0.4, -0.2) is 55.9 Å². The molecule has 0 aromatic carbocycles. The maximum atomic E-state index is 11.9. The van der Waals surface area contributed by atoms with Gasteiger partial charge in [-0.3, -0.25) is 9.59 Å². The summed E-state index contributed by atoms with van der Waals surface area (Å²) in [5.74, 6) is 0.801. The topological polar surface area (TPSA) is 92.5 Å². The number of hydrogen-bond acceptors (Lipinski definition) is 5. The van der Waals surface area contributed by atoms with E-state index in [2.05, 4.69) is 42.9 Å². The van der Waals surface area contributed by atoms with E-state index in [9.17, 15) is 9.59 Å². The van der Waals surface area contributed by atoms with E-state index in [4.69, 9.17) is 0 Å². The highest BCUT2D eigenvalue weighted by atomic mass is 79.9. The van der Waals surface area contributed by atoms with E-state index in [1.807, 2.05) is 0 Å². The summed E-state index contributed by atoms with van der Waals surface area (Å²) in [5, 5.41) is 7.14. The van der Waals surface area contributed by atoms with Gasteiger partial charge in [-0.15, -0.1) is 5.10 Å². The molecule has 2 amide bonds. The number of carbonyl (C=O) groups is 2. The Kier molecular flexibility index (Phi) is 4.37. The molecule has 1 aliphatic heterocycles. The van der Waals surface area contributed by atoms with Crippen LogP contribution in [0.4, 0.5) is 0 Å². The summed E-state index contributed by atoms with van der Waals surface area (Å²) < 4.78 is 2.41. The van der Waals surface area contributed by atoms with Crippen LogP contribution in [0, 0.1) is 5.92 Å². The summed E-state index contributed by atoms with van der Waals surface area (Å²) in [6.07, 6.45) is 5.21. The molecule has 0 saturated carbocycles. The van der Waals surface area contributed by atoms with E-state index >= 15 is 0 Å². The average molecular weight is 379 g/mol. The van der Waals surface area contributed by atoms with Crippen LogP contribution in [0.15, 0.2) is 29.5 Å². The van der Waals surface area contributed by atoms with Gasteiger partial charge in [0.25, 0.3) is 5.78 Å². The smallest absolute Gasteiger partial charge is 0.252 e. The van der Waals surface area contributed by atoms with Gasteiger partial charge in [0.2, 0.25) is 11.8 Å². The van der Waals surface area contributed by atoms with E-state index in [0.717, 1.165) is 4.47 Å². The molecule has 0 aliphatic carbocycles. The van der Waals surface area contributed by atoms with Crippen LogP contribution in [-0.2, 0) is 16.0 Å². The molecule has 0 spiro atoms. The molecule has 3 rings (SSSR count). The number of hydrogen-bond donors (Lipinski definition) is 1. The molecule has 0 radical (unpaired) electrons. The maximum Gasteiger partial charge on any atom is 0.252 e. The largest absolute Gasteiger partial charge is 0.355 e. The van der Waals surface area contributed by atoms with Gasteiger partial charge in [0.1, 0.15) is 0 Å². The molecular weight excluding hydrogens is 364 g/mol. The summed E-state index contributed by atoms with van der Waals surface area (Å²) in [7, 11) is 0. The Hall–Kier alpha value is -2.29. The van der Waals surface area contributed by atoms with Crippen molar-refractivity contribution in [1.82, 2.24) is 29.8 Å². The van der Waals surface area contributed by atoms with E-state index < -0.39 is 0 Å². The molecule has 0 atom stereocenters. The first-order chi connectivity index (χ1) is 11.1. The zero-order valence-corrected chi connectivity index (χ0v) is 13.9. The number of rotatable bonds is 5. The second kappa shape index (κ2) is 6.45. The van der Waals surface area contributed by atoms with Crippen LogP contribution in [0.3, 0.4) is 0 Å². The molecule has 2 aromatic heterocycles. The third-order valence-electron chi connectivity index (χ3n) is 3.59. The van der Waals surface area contributed by atoms with E-state index in [1.165, 1.54) is 6.08 Å². The van der Waals surface area contributed by atoms with Crippen molar-refractivity contribution in [3.8, 4) is 0 Å². The van der Waals surface area contributed by atoms with Gasteiger partial charge in [-0.25, -0.2) is 9.50 Å². The fourth-order valence-electron chi connectivity index (χ4n) is 2.30. The molecule has 1 fully saturated rings. The van der Waals surface area contributed by atoms with Crippen molar-refractivity contribution in [3.05, 3.63) is 35.3 Å². The van der Waals surface area contributed by atoms with Crippen LogP contribution in [0.2, 0.25) is 0 Å². The fourth-order valence-corrected chi connectivity index (χ4v) is 2.60. The highest BCUT2D eigenvalue weighted by Crippen LogP contribution is 2.15. The lowest BCUT2D eigenvalue weighted by Crippen LogP contribution is -2.55. The molecule has 120 valence electrons. The summed E-state index contributed by atoms with van der Waals surface area (Å²) >= 11 is 3.32. The Morgan fingerprint density at radius 1 is 1.48 bits per heavy atom. The third kappa shape index (κ3) is 3.39. The second-order valence-electron chi connectivity index (χ2n) is 5.23. The molecule has 0 bridgehead atoms. The van der Waals surface area contributed by atoms with Crippen LogP contribution in [0.5, 0.6) is 0 Å². The molecular formula is C14H15BrN6O2. The van der Waals surface area contributed by atoms with Gasteiger partial charge in [0, 0.05) is 38.4 Å². The van der Waals surface area contributed by atoms with Crippen molar-refractivity contribution in [2.45, 2.75) is 6.42 Å². The Balaban J connectivity index is 1.46. The minimum atomic E-state index is -0.148. The monoisotopic (exact) mass is 378 g/mol. The van der Waals surface area contributed by atoms with Gasteiger partial charge in [-0.1, -0.05) is 6.58 Å². The van der Waals surface area contributed by atoms with Crippen LogP contribution < -0.4 is 5.32 Å². The Labute approximate surface area is 140 Å². The number of aromatic nitrogens is 4. The second-order valence-corrected chi connectivity index (χ2v) is 6.15. The summed E-state index contributed by atoms with van der Waals surface area (Å²) in [4.78, 5) is 33.3. The predicted octanol–water partition coefficient (Wildman–Crippen LogP) is 0.190. The minimum absolute atomic E-state index is 0.0530. The van der Waals surface area contributed by atoms with Gasteiger partial charge in [0.05, 0.1) is 10.4 Å². The summed E-state index contributed by atoms with van der Waals surface area (Å²) in [6, 6.07) is 0. The Morgan fingerprint density at radius 2 is 2.26 bits per heavy atom. The van der Waals surface area contributed by atoms with Crippen molar-refractivity contribution < 1.29 is 9.59 Å². The standard InChI is InChI=1S/C14H15BrN6O2/c1-2-12(22)20-6-9(7-20)13(23)16-4-3-11-18-14-17-5-10(15)8-21(14)19-11/h2,5,8-9H,1,3-4,6-7H2,(H,16,23). The number of halogens is 1. The van der Waals surface area contributed by atoms with Crippen molar-refractivity contribution in [2.75, 3.05) is 19.6 Å². The SMILES string of the molecule is C=CC(=O)N1CC(C(=O)NCCc2nc3ncc(Br)cn3n2)C1. The number of nitrogens with zero attached hydrogens (tertiary/aromatic N) is 5. The lowest BCUT2D eigenvalue weighted by molar-refractivity contribution is -0.139. The molecule has 8 nitrogen and oxygen atoms in total. The first kappa shape index (κ1) is 15.6. The maximum absolute atomic E-state index is 11.9. The molecule has 0 unspecified atom stereocenters. The summed E-state index contributed by atoms with van der Waals surface area (Å²) in [5.41, 5.74) is 0. The van der Waals surface area contributed by atoms with E-state index in [-0.39, 0.29) is 17.7 Å². The Bertz CT molecular complexity index is 768. The quantitative estimate of drug-likeness (QED) is 0.749. The van der Waals surface area contributed by atoms with Crippen LogP contribution in [0.25, 0.3) is 5.78 Å². The van der Waals surface area contributed by atoms with Gasteiger partial charge in [-0.05, 0) is 22.0 Å². The minimum Gasteiger partial charge on any atom is -0.355 e. The predicted molar refractivity (Wildman–Crippen MR) is 85.5 cm³/mol. The van der Waals surface area contributed by atoms with Gasteiger partial charge >= 0.3 is 0 Å². The fraction of sp³-hybridized carbons (Fsp3) is 0.357. The van der Waals surface area contributed by atoms with Gasteiger partial charge in [-0.2, -0.15) is 4.98 Å². The lowest BCUT2D eigenvalue weighted by Gasteiger charge is -2.37. The molecule has 9 heteroatoms. The Morgan fingerprint density at radius 3 is 3.00 bits per heavy atom. The number of amides is 2. The number of likely N-dealkylation sites (tertiary alicyclic amines) is 1. The number of carbonyl (C=O) groups excluding carboxylic acids is 2. The van der Waals surface area contributed by atoms with Crippen LogP contribution >= 0.6 is 15.9 Å². The normalized spacial score (nSPS) is 14.6. The van der Waals surface area contributed by atoms with Crippen molar-refractivity contribution in [2.24, 2.45) is 5.92 Å². The zero-order chi connectivity index (χ0) is 16.4. The van der Waals surface area contributed by atoms with Gasteiger partial charge < -0.3 is 10.2 Å². The van der Waals surface area contributed by atoms with Crippen LogP contribution in [0.1, 0.15) is 5.82 Å². The highest BCUT2D eigenvalue weighted by Gasteiger charge is 2.34. The van der Waals surface area contributed by atoms with E-state index in [1.54, 1.807) is 21.8 Å². The van der Waals surface area contributed by atoms with Crippen molar-refractivity contribution >= 4 is 33.5 Å². The molecule has 1 aliphatic rings. The molecule has 23 heavy (non-hydrogen) atoms. The third-order valence-corrected chi connectivity index (χ3v) is 4.00. The first-order valence-electron chi connectivity index (χ1n) is 7.12. The number of fused-ring (bicyclic) bond motifs is 1. The van der Waals surface area contributed by atoms with Gasteiger partial charge in [0.15, 0.2) is 5.82 Å². The molecule has 2 aromatic rings. The van der Waals surface area contributed by atoms with Crippen molar-refractivity contribution in [1.29, 1.82) is 0 Å². The van der Waals surface area contributed by atoms with E-state index in [0.29, 0.717) is 37.7 Å². The zero-order valence-electron chi connectivity index (χ0n) is 12.3. The molecule has 3 heterocycles. The highest BCUT2D eigenvalue weighted by molar-refractivity contribution is 9.10. The molecule has 1 N–H and O–H groups in total. The number of nitrogens with one attached hydrogen (secondary N) is 1. The van der Waals surface area contributed by atoms with Crippen molar-refractivity contribution in [3.63, 3.8) is 0 Å².